The number of piperazine rings is 1. The quantitative estimate of drug-likeness (QED) is 0.707. The average molecular weight is 425 g/mol. The van der Waals surface area contributed by atoms with Crippen LogP contribution in [-0.4, -0.2) is 64.9 Å². The fourth-order valence-corrected chi connectivity index (χ4v) is 4.13. The van der Waals surface area contributed by atoms with E-state index in [2.05, 4.69) is 5.10 Å². The number of alkyl halides is 3. The van der Waals surface area contributed by atoms with Gasteiger partial charge in [-0.25, -0.2) is 9.18 Å². The Balaban J connectivity index is 1.49. The lowest BCUT2D eigenvalue weighted by molar-refractivity contribution is -0.138. The van der Waals surface area contributed by atoms with Gasteiger partial charge in [0.2, 0.25) is 0 Å². The number of carbonyl (C=O) groups excluding carboxylic acids is 1. The van der Waals surface area contributed by atoms with Crippen molar-refractivity contribution in [2.45, 2.75) is 25.6 Å². The zero-order chi connectivity index (χ0) is 21.3. The van der Waals surface area contributed by atoms with Gasteiger partial charge in [-0.1, -0.05) is 6.07 Å². The van der Waals surface area contributed by atoms with Crippen molar-refractivity contribution in [2.75, 3.05) is 44.2 Å². The van der Waals surface area contributed by atoms with E-state index < -0.39 is 23.6 Å². The molecule has 10 heteroatoms. The smallest absolute Gasteiger partial charge is 0.371 e. The Morgan fingerprint density at radius 3 is 2.33 bits per heavy atom. The van der Waals surface area contributed by atoms with Crippen molar-refractivity contribution < 1.29 is 22.4 Å². The molecule has 0 unspecified atom stereocenters. The summed E-state index contributed by atoms with van der Waals surface area (Å²) in [5, 5.41) is 3.68. The first-order chi connectivity index (χ1) is 14.3. The summed E-state index contributed by atoms with van der Waals surface area (Å²) in [5.41, 5.74) is 0.339. The van der Waals surface area contributed by atoms with Crippen LogP contribution in [0.1, 0.15) is 24.0 Å². The van der Waals surface area contributed by atoms with Crippen molar-refractivity contribution >= 4 is 11.7 Å². The highest BCUT2D eigenvalue weighted by Gasteiger charge is 2.36. The molecule has 0 saturated carbocycles. The molecule has 0 aliphatic carbocycles. The van der Waals surface area contributed by atoms with Crippen LogP contribution in [0.25, 0.3) is 0 Å². The average Bonchev–Trinajstić information content (AvgIpc) is 3.39. The summed E-state index contributed by atoms with van der Waals surface area (Å²) in [7, 11) is 0. The number of hydrogen-bond donors (Lipinski definition) is 0. The van der Waals surface area contributed by atoms with Crippen molar-refractivity contribution in [3.63, 3.8) is 0 Å². The molecule has 1 aromatic carbocycles. The maximum absolute atomic E-state index is 13.7. The predicted octanol–water partition coefficient (Wildman–Crippen LogP) is 3.43. The second-order valence-electron chi connectivity index (χ2n) is 7.64. The third kappa shape index (κ3) is 4.28. The van der Waals surface area contributed by atoms with Crippen LogP contribution in [-0.2, 0) is 12.7 Å². The number of benzene rings is 1. The molecule has 2 aliphatic heterocycles. The van der Waals surface area contributed by atoms with E-state index in [1.54, 1.807) is 6.07 Å². The van der Waals surface area contributed by atoms with Gasteiger partial charge in [-0.2, -0.15) is 23.0 Å². The highest BCUT2D eigenvalue weighted by atomic mass is 19.4. The van der Waals surface area contributed by atoms with Crippen LogP contribution >= 0.6 is 0 Å². The molecule has 30 heavy (non-hydrogen) atoms. The van der Waals surface area contributed by atoms with Crippen LogP contribution in [0.5, 0.6) is 0 Å². The first kappa shape index (κ1) is 20.6. The molecular formula is C20H23F4N5O. The molecule has 162 valence electrons. The fraction of sp³-hybridized carbons (Fsp3) is 0.500. The summed E-state index contributed by atoms with van der Waals surface area (Å²) >= 11 is 0. The standard InChI is InChI=1S/C20H23F4N5O/c21-15-12-25-29(13-15)19(30)28-10-8-26(9-11-28)14-16-17(20(22,23)24)4-3-5-18(16)27-6-1-2-7-27/h3-5,12-13H,1-2,6-11,14H2. The topological polar surface area (TPSA) is 44.6 Å². The van der Waals surface area contributed by atoms with Crippen molar-refractivity contribution in [3.05, 3.63) is 47.5 Å². The number of amides is 1. The summed E-state index contributed by atoms with van der Waals surface area (Å²) in [6.07, 6.45) is -0.499. The number of rotatable bonds is 3. The molecule has 0 bridgehead atoms. The van der Waals surface area contributed by atoms with Gasteiger partial charge in [-0.05, 0) is 25.0 Å². The minimum Gasteiger partial charge on any atom is -0.371 e. The zero-order valence-corrected chi connectivity index (χ0v) is 16.4. The third-order valence-electron chi connectivity index (χ3n) is 5.68. The van der Waals surface area contributed by atoms with Gasteiger partial charge < -0.3 is 9.80 Å². The second-order valence-corrected chi connectivity index (χ2v) is 7.64. The van der Waals surface area contributed by atoms with Crippen molar-refractivity contribution in [1.29, 1.82) is 0 Å². The van der Waals surface area contributed by atoms with E-state index in [-0.39, 0.29) is 6.54 Å². The van der Waals surface area contributed by atoms with Crippen molar-refractivity contribution in [1.82, 2.24) is 19.6 Å². The number of nitrogens with zero attached hydrogens (tertiary/aromatic N) is 5. The Labute approximate surface area is 171 Å². The lowest BCUT2D eigenvalue weighted by atomic mass is 10.0. The lowest BCUT2D eigenvalue weighted by Crippen LogP contribution is -2.49. The van der Waals surface area contributed by atoms with Gasteiger partial charge in [0.05, 0.1) is 18.0 Å². The Morgan fingerprint density at radius 1 is 1.03 bits per heavy atom. The molecule has 2 saturated heterocycles. The van der Waals surface area contributed by atoms with E-state index in [9.17, 15) is 22.4 Å². The van der Waals surface area contributed by atoms with E-state index in [0.717, 1.165) is 49.1 Å². The van der Waals surface area contributed by atoms with Gasteiger partial charge >= 0.3 is 12.2 Å². The predicted molar refractivity (Wildman–Crippen MR) is 103 cm³/mol. The SMILES string of the molecule is O=C(N1CCN(Cc2c(N3CCCC3)cccc2C(F)(F)F)CC1)n1cc(F)cn1. The van der Waals surface area contributed by atoms with E-state index in [1.165, 1.54) is 11.0 Å². The molecule has 2 aliphatic rings. The van der Waals surface area contributed by atoms with Gasteiger partial charge in [0.1, 0.15) is 0 Å². The second kappa shape index (κ2) is 8.25. The fourth-order valence-electron chi connectivity index (χ4n) is 4.13. The highest BCUT2D eigenvalue weighted by molar-refractivity contribution is 5.76. The normalized spacial score (nSPS) is 18.3. The number of hydrogen-bond acceptors (Lipinski definition) is 4. The molecule has 6 nitrogen and oxygen atoms in total. The van der Waals surface area contributed by atoms with Crippen LogP contribution in [0.4, 0.5) is 28.0 Å². The van der Waals surface area contributed by atoms with Gasteiger partial charge in [-0.15, -0.1) is 0 Å². The van der Waals surface area contributed by atoms with Gasteiger partial charge in [-0.3, -0.25) is 4.90 Å². The number of anilines is 1. The molecule has 4 rings (SSSR count). The molecule has 0 radical (unpaired) electrons. The summed E-state index contributed by atoms with van der Waals surface area (Å²) in [6.45, 7) is 3.23. The molecule has 1 amide bonds. The zero-order valence-electron chi connectivity index (χ0n) is 16.4. The summed E-state index contributed by atoms with van der Waals surface area (Å²) in [5.74, 6) is -0.597. The Morgan fingerprint density at radius 2 is 1.73 bits per heavy atom. The maximum Gasteiger partial charge on any atom is 0.416 e. The Hall–Kier alpha value is -2.62. The first-order valence-corrected chi connectivity index (χ1v) is 9.99. The van der Waals surface area contributed by atoms with Gasteiger partial charge in [0.25, 0.3) is 0 Å². The number of halogens is 4. The summed E-state index contributed by atoms with van der Waals surface area (Å²) in [6, 6.07) is 3.94. The van der Waals surface area contributed by atoms with Crippen molar-refractivity contribution in [3.8, 4) is 0 Å². The van der Waals surface area contributed by atoms with E-state index >= 15 is 0 Å². The lowest BCUT2D eigenvalue weighted by Gasteiger charge is -2.35. The highest BCUT2D eigenvalue weighted by Crippen LogP contribution is 2.38. The van der Waals surface area contributed by atoms with E-state index in [0.29, 0.717) is 37.4 Å². The van der Waals surface area contributed by atoms with Gasteiger partial charge in [0, 0.05) is 57.1 Å². The van der Waals surface area contributed by atoms with Crippen LogP contribution in [0.15, 0.2) is 30.6 Å². The molecule has 3 heterocycles. The van der Waals surface area contributed by atoms with Gasteiger partial charge in [0.15, 0.2) is 5.82 Å². The molecule has 0 atom stereocenters. The largest absolute Gasteiger partial charge is 0.416 e. The van der Waals surface area contributed by atoms with Crippen LogP contribution in [0.3, 0.4) is 0 Å². The van der Waals surface area contributed by atoms with E-state index in [1.807, 2.05) is 9.80 Å². The monoisotopic (exact) mass is 425 g/mol. The summed E-state index contributed by atoms with van der Waals surface area (Å²) < 4.78 is 55.1. The molecule has 1 aromatic heterocycles. The number of carbonyl (C=O) groups is 1. The minimum atomic E-state index is -4.42. The molecule has 0 spiro atoms. The number of aromatic nitrogens is 2. The van der Waals surface area contributed by atoms with Crippen LogP contribution < -0.4 is 4.90 Å². The summed E-state index contributed by atoms with van der Waals surface area (Å²) in [4.78, 5) is 17.9. The third-order valence-corrected chi connectivity index (χ3v) is 5.68. The van der Waals surface area contributed by atoms with E-state index in [4.69, 9.17) is 0 Å². The minimum absolute atomic E-state index is 0.167. The Bertz CT molecular complexity index is 899. The molecule has 2 fully saturated rings. The Kier molecular flexibility index (Phi) is 5.68. The first-order valence-electron chi connectivity index (χ1n) is 9.99. The van der Waals surface area contributed by atoms with Crippen LogP contribution in [0.2, 0.25) is 0 Å². The van der Waals surface area contributed by atoms with Crippen molar-refractivity contribution in [2.24, 2.45) is 0 Å². The molecule has 2 aromatic rings. The molecular weight excluding hydrogens is 402 g/mol. The van der Waals surface area contributed by atoms with Crippen LogP contribution in [0, 0.1) is 5.82 Å². The molecule has 0 N–H and O–H groups in total. The maximum atomic E-state index is 13.7.